The molecule has 2 atom stereocenters. The summed E-state index contributed by atoms with van der Waals surface area (Å²) in [6, 6.07) is 7.31. The van der Waals surface area contributed by atoms with Crippen molar-refractivity contribution in [2.75, 3.05) is 20.2 Å². The van der Waals surface area contributed by atoms with Crippen molar-refractivity contribution in [3.05, 3.63) is 29.8 Å². The molecule has 1 N–H and O–H groups in total. The van der Waals surface area contributed by atoms with Crippen LogP contribution in [-0.4, -0.2) is 59.4 Å². The smallest absolute Gasteiger partial charge is 0.325 e. The van der Waals surface area contributed by atoms with Crippen LogP contribution in [0.4, 0.5) is 4.79 Å². The molecule has 2 heterocycles. The zero-order valence-electron chi connectivity index (χ0n) is 16.9. The van der Waals surface area contributed by atoms with Crippen molar-refractivity contribution >= 4 is 17.8 Å². The number of piperidine rings is 1. The molecule has 7 heteroatoms. The second kappa shape index (κ2) is 8.20. The number of hydrogen-bond acceptors (Lipinski definition) is 4. The predicted octanol–water partition coefficient (Wildman–Crippen LogP) is 2.34. The van der Waals surface area contributed by atoms with Crippen LogP contribution in [0.1, 0.15) is 45.1 Å². The summed E-state index contributed by atoms with van der Waals surface area (Å²) in [5.41, 5.74) is 0.0610. The van der Waals surface area contributed by atoms with Crippen LogP contribution in [0.3, 0.4) is 0 Å². The Hall–Kier alpha value is -2.57. The second-order valence-electron chi connectivity index (χ2n) is 7.93. The molecule has 0 unspecified atom stereocenters. The number of ether oxygens (including phenoxy) is 1. The third-order valence-electron chi connectivity index (χ3n) is 5.83. The Morgan fingerprint density at radius 2 is 1.96 bits per heavy atom. The minimum atomic E-state index is -0.995. The largest absolute Gasteiger partial charge is 0.497 e. The highest BCUT2D eigenvalue weighted by Crippen LogP contribution is 2.25. The molecule has 0 radical (unpaired) electrons. The van der Waals surface area contributed by atoms with Gasteiger partial charge in [-0.3, -0.25) is 14.5 Å². The van der Waals surface area contributed by atoms with Gasteiger partial charge in [0.1, 0.15) is 17.8 Å². The van der Waals surface area contributed by atoms with E-state index in [9.17, 15) is 14.4 Å². The summed E-state index contributed by atoms with van der Waals surface area (Å²) < 4.78 is 5.15. The van der Waals surface area contributed by atoms with Crippen molar-refractivity contribution in [2.45, 2.75) is 57.5 Å². The molecule has 2 aliphatic heterocycles. The predicted molar refractivity (Wildman–Crippen MR) is 105 cm³/mol. The molecule has 1 aromatic rings. The van der Waals surface area contributed by atoms with Crippen LogP contribution in [0.25, 0.3) is 0 Å². The number of rotatable bonds is 6. The monoisotopic (exact) mass is 387 g/mol. The van der Waals surface area contributed by atoms with E-state index in [-0.39, 0.29) is 24.4 Å². The molecule has 1 aromatic carbocycles. The average molecular weight is 387 g/mol. The number of aryl methyl sites for hydroxylation is 1. The molecule has 2 fully saturated rings. The lowest BCUT2D eigenvalue weighted by atomic mass is 9.93. The molecule has 3 rings (SSSR count). The van der Waals surface area contributed by atoms with E-state index in [1.807, 2.05) is 31.2 Å². The van der Waals surface area contributed by atoms with E-state index in [2.05, 4.69) is 5.32 Å². The van der Waals surface area contributed by atoms with Crippen molar-refractivity contribution in [2.24, 2.45) is 0 Å². The Morgan fingerprint density at radius 3 is 2.61 bits per heavy atom. The van der Waals surface area contributed by atoms with E-state index in [0.717, 1.165) is 35.5 Å². The van der Waals surface area contributed by atoms with Crippen molar-refractivity contribution in [3.63, 3.8) is 0 Å². The van der Waals surface area contributed by atoms with Crippen molar-refractivity contribution in [1.82, 2.24) is 15.1 Å². The van der Waals surface area contributed by atoms with E-state index >= 15 is 0 Å². The highest BCUT2D eigenvalue weighted by Gasteiger charge is 2.48. The van der Waals surface area contributed by atoms with Crippen LogP contribution in [0, 0.1) is 0 Å². The van der Waals surface area contributed by atoms with Crippen LogP contribution in [0.2, 0.25) is 0 Å². The molecule has 28 heavy (non-hydrogen) atoms. The fraction of sp³-hybridized carbons (Fsp3) is 0.571. The molecule has 2 saturated heterocycles. The second-order valence-corrected chi connectivity index (χ2v) is 7.93. The first-order chi connectivity index (χ1) is 13.3. The Balaban J connectivity index is 1.61. The zero-order chi connectivity index (χ0) is 20.3. The Kier molecular flexibility index (Phi) is 5.91. The Morgan fingerprint density at radius 1 is 1.25 bits per heavy atom. The number of urea groups is 1. The molecule has 0 spiro atoms. The minimum Gasteiger partial charge on any atom is -0.497 e. The molecule has 7 nitrogen and oxygen atoms in total. The molecule has 0 aliphatic carbocycles. The standard InChI is InChI=1S/C21H29N3O4/c1-15-6-4-5-13-23(15)18(25)14-24-19(26)21(2,22-20(24)27)12-11-16-7-9-17(28-3)10-8-16/h7-10,15H,4-6,11-14H2,1-3H3,(H,22,27)/t15-,21+/m1/s1. The third-order valence-corrected chi connectivity index (χ3v) is 5.83. The lowest BCUT2D eigenvalue weighted by Gasteiger charge is -2.34. The summed E-state index contributed by atoms with van der Waals surface area (Å²) >= 11 is 0. The molecular formula is C21H29N3O4. The number of hydrogen-bond donors (Lipinski definition) is 1. The van der Waals surface area contributed by atoms with Gasteiger partial charge >= 0.3 is 6.03 Å². The summed E-state index contributed by atoms with van der Waals surface area (Å²) in [7, 11) is 1.61. The molecule has 152 valence electrons. The number of amides is 4. The molecule has 4 amide bonds. The number of nitrogens with one attached hydrogen (secondary N) is 1. The van der Waals surface area contributed by atoms with Gasteiger partial charge in [0.05, 0.1) is 7.11 Å². The maximum absolute atomic E-state index is 12.9. The van der Waals surface area contributed by atoms with Gasteiger partial charge < -0.3 is 15.0 Å². The summed E-state index contributed by atoms with van der Waals surface area (Å²) in [5.74, 6) is 0.288. The summed E-state index contributed by atoms with van der Waals surface area (Å²) in [6.07, 6.45) is 4.14. The van der Waals surface area contributed by atoms with Crippen LogP contribution in [0.15, 0.2) is 24.3 Å². The molecule has 0 aromatic heterocycles. The van der Waals surface area contributed by atoms with Crippen LogP contribution in [0.5, 0.6) is 5.75 Å². The SMILES string of the molecule is COc1ccc(CC[C@]2(C)NC(=O)N(CC(=O)N3CCCC[C@H]3C)C2=O)cc1. The number of nitrogens with zero attached hydrogens (tertiary/aromatic N) is 2. The first-order valence-corrected chi connectivity index (χ1v) is 9.90. The van der Waals surface area contributed by atoms with Gasteiger partial charge in [0.2, 0.25) is 5.91 Å². The van der Waals surface area contributed by atoms with E-state index in [4.69, 9.17) is 4.74 Å². The Bertz CT molecular complexity index is 749. The van der Waals surface area contributed by atoms with Crippen LogP contribution >= 0.6 is 0 Å². The van der Waals surface area contributed by atoms with Crippen molar-refractivity contribution < 1.29 is 19.1 Å². The molecule has 2 aliphatic rings. The number of likely N-dealkylation sites (tertiary alicyclic amines) is 1. The highest BCUT2D eigenvalue weighted by atomic mass is 16.5. The normalized spacial score (nSPS) is 25.0. The fourth-order valence-electron chi connectivity index (χ4n) is 3.94. The van der Waals surface area contributed by atoms with E-state index in [0.29, 0.717) is 19.4 Å². The van der Waals surface area contributed by atoms with Gasteiger partial charge in [-0.25, -0.2) is 4.79 Å². The summed E-state index contributed by atoms with van der Waals surface area (Å²) in [4.78, 5) is 40.8. The minimum absolute atomic E-state index is 0.156. The third kappa shape index (κ3) is 4.13. The number of methoxy groups -OCH3 is 1. The van der Waals surface area contributed by atoms with Gasteiger partial charge in [-0.2, -0.15) is 0 Å². The van der Waals surface area contributed by atoms with Gasteiger partial charge in [-0.15, -0.1) is 0 Å². The number of carbonyl (C=O) groups is 3. The number of benzene rings is 1. The summed E-state index contributed by atoms with van der Waals surface area (Å²) in [5, 5.41) is 2.78. The maximum Gasteiger partial charge on any atom is 0.325 e. The van der Waals surface area contributed by atoms with E-state index < -0.39 is 11.6 Å². The van der Waals surface area contributed by atoms with Crippen molar-refractivity contribution in [3.8, 4) is 5.75 Å². The van der Waals surface area contributed by atoms with Crippen LogP contribution < -0.4 is 10.1 Å². The van der Waals surface area contributed by atoms with E-state index in [1.165, 1.54) is 0 Å². The lowest BCUT2D eigenvalue weighted by molar-refractivity contribution is -0.140. The van der Waals surface area contributed by atoms with Gasteiger partial charge in [0, 0.05) is 12.6 Å². The zero-order valence-corrected chi connectivity index (χ0v) is 16.9. The van der Waals surface area contributed by atoms with E-state index in [1.54, 1.807) is 18.9 Å². The highest BCUT2D eigenvalue weighted by molar-refractivity contribution is 6.08. The van der Waals surface area contributed by atoms with Gasteiger partial charge in [0.15, 0.2) is 0 Å². The van der Waals surface area contributed by atoms with Gasteiger partial charge in [0.25, 0.3) is 5.91 Å². The first-order valence-electron chi connectivity index (χ1n) is 9.90. The lowest BCUT2D eigenvalue weighted by Crippen LogP contribution is -2.49. The Labute approximate surface area is 166 Å². The fourth-order valence-corrected chi connectivity index (χ4v) is 3.94. The van der Waals surface area contributed by atoms with Crippen molar-refractivity contribution in [1.29, 1.82) is 0 Å². The maximum atomic E-state index is 12.9. The average Bonchev–Trinajstić information content (AvgIpc) is 2.90. The van der Waals surface area contributed by atoms with Crippen LogP contribution in [-0.2, 0) is 16.0 Å². The van der Waals surface area contributed by atoms with Gasteiger partial charge in [-0.05, 0) is 63.6 Å². The molecule has 0 bridgehead atoms. The topological polar surface area (TPSA) is 79.0 Å². The molecule has 0 saturated carbocycles. The molecular weight excluding hydrogens is 358 g/mol. The quantitative estimate of drug-likeness (QED) is 0.760. The number of carbonyl (C=O) groups excluding carboxylic acids is 3. The first kappa shape index (κ1) is 20.2. The number of imide groups is 1. The summed E-state index contributed by atoms with van der Waals surface area (Å²) in [6.45, 7) is 4.25. The van der Waals surface area contributed by atoms with Gasteiger partial charge in [-0.1, -0.05) is 12.1 Å².